The van der Waals surface area contributed by atoms with Gasteiger partial charge in [0.05, 0.1) is 0 Å². The molecule has 2 nitrogen and oxygen atoms in total. The highest BCUT2D eigenvalue weighted by Gasteiger charge is 2.38. The molecule has 296 valence electrons. The minimum absolute atomic E-state index is 0.120. The van der Waals surface area contributed by atoms with Gasteiger partial charge in [0.25, 0.3) is 0 Å². The summed E-state index contributed by atoms with van der Waals surface area (Å²) < 4.78 is 13.8. The lowest BCUT2D eigenvalue weighted by atomic mass is 9.79. The zero-order valence-electron chi connectivity index (χ0n) is 35.3. The van der Waals surface area contributed by atoms with Gasteiger partial charge >= 0.3 is 0 Å². The van der Waals surface area contributed by atoms with Crippen molar-refractivity contribution in [3.05, 3.63) is 209 Å². The number of hydrogen-bond acceptors (Lipinski definition) is 2. The van der Waals surface area contributed by atoms with E-state index in [1.165, 1.54) is 83.5 Å². The van der Waals surface area contributed by atoms with Crippen molar-refractivity contribution in [1.29, 1.82) is 0 Å². The van der Waals surface area contributed by atoms with Gasteiger partial charge in [0.1, 0.15) is 22.5 Å². The van der Waals surface area contributed by atoms with Crippen LogP contribution in [-0.4, -0.2) is 0 Å². The van der Waals surface area contributed by atoms with E-state index in [0.29, 0.717) is 0 Å². The van der Waals surface area contributed by atoms with Crippen LogP contribution in [-0.2, 0) is 10.8 Å². The van der Waals surface area contributed by atoms with Crippen LogP contribution in [0.5, 0.6) is 0 Å². The van der Waals surface area contributed by atoms with Crippen molar-refractivity contribution in [2.75, 3.05) is 0 Å². The van der Waals surface area contributed by atoms with Gasteiger partial charge in [0, 0.05) is 50.1 Å². The van der Waals surface area contributed by atoms with Crippen molar-refractivity contribution in [2.45, 2.75) is 50.9 Å². The van der Waals surface area contributed by atoms with Crippen LogP contribution >= 0.6 is 0 Å². The second-order valence-corrected chi connectivity index (χ2v) is 18.8. The van der Waals surface area contributed by atoms with Gasteiger partial charge in [-0.1, -0.05) is 173 Å². The van der Waals surface area contributed by atoms with Crippen molar-refractivity contribution >= 4 is 39.0 Å². The highest BCUT2D eigenvalue weighted by molar-refractivity contribution is 6.14. The van der Waals surface area contributed by atoms with Gasteiger partial charge in [0.2, 0.25) is 0 Å². The van der Waals surface area contributed by atoms with Crippen LogP contribution in [0, 0.1) is 0 Å². The first kappa shape index (κ1) is 35.6. The monoisotopic (exact) mass is 796 g/mol. The van der Waals surface area contributed by atoms with Crippen LogP contribution in [0.3, 0.4) is 0 Å². The molecule has 62 heavy (non-hydrogen) atoms. The summed E-state index contributed by atoms with van der Waals surface area (Å²) in [7, 11) is 0. The average Bonchev–Trinajstić information content (AvgIpc) is 4.00. The van der Waals surface area contributed by atoms with E-state index in [1.807, 2.05) is 0 Å². The summed E-state index contributed by atoms with van der Waals surface area (Å²) in [6, 6.07) is 60.5. The number of fused-ring (bicyclic) bond motifs is 12. The number of para-hydroxylation sites is 1. The van der Waals surface area contributed by atoms with Gasteiger partial charge in [0.15, 0.2) is 0 Å². The Balaban J connectivity index is 0.858. The van der Waals surface area contributed by atoms with Crippen LogP contribution in [0.4, 0.5) is 0 Å². The van der Waals surface area contributed by atoms with E-state index >= 15 is 0 Å². The highest BCUT2D eigenvalue weighted by Crippen LogP contribution is 2.53. The largest absolute Gasteiger partial charge is 0.460 e. The Morgan fingerprint density at radius 3 is 1.60 bits per heavy atom. The molecule has 0 bridgehead atoms. The van der Waals surface area contributed by atoms with Crippen molar-refractivity contribution in [3.63, 3.8) is 0 Å². The normalized spacial score (nSPS) is 16.4. The molecule has 0 fully saturated rings. The first-order valence-electron chi connectivity index (χ1n) is 22.0. The van der Waals surface area contributed by atoms with Crippen LogP contribution < -0.4 is 0 Å². The van der Waals surface area contributed by atoms with E-state index in [9.17, 15) is 0 Å². The Morgan fingerprint density at radius 1 is 0.419 bits per heavy atom. The Morgan fingerprint density at radius 2 is 0.968 bits per heavy atom. The minimum atomic E-state index is -0.143. The molecule has 0 aliphatic heterocycles. The fraction of sp³-hybridized carbons (Fsp3) is 0.133. The third-order valence-corrected chi connectivity index (χ3v) is 14.7. The lowest BCUT2D eigenvalue weighted by molar-refractivity contribution is 0.516. The Labute approximate surface area is 361 Å². The van der Waals surface area contributed by atoms with Crippen molar-refractivity contribution in [3.8, 4) is 55.6 Å². The lowest BCUT2D eigenvalue weighted by Crippen LogP contribution is -2.16. The third kappa shape index (κ3) is 4.98. The third-order valence-electron chi connectivity index (χ3n) is 14.7. The van der Waals surface area contributed by atoms with Crippen LogP contribution in [0.25, 0.3) is 94.6 Å². The molecule has 3 aliphatic rings. The predicted octanol–water partition coefficient (Wildman–Crippen LogP) is 16.5. The molecule has 0 saturated heterocycles. The van der Waals surface area contributed by atoms with Crippen molar-refractivity contribution in [2.24, 2.45) is 0 Å². The summed E-state index contributed by atoms with van der Waals surface area (Å²) >= 11 is 0. The summed E-state index contributed by atoms with van der Waals surface area (Å²) in [5.41, 5.74) is 22.9. The summed E-state index contributed by atoms with van der Waals surface area (Å²) in [4.78, 5) is 0. The molecule has 0 spiro atoms. The summed E-state index contributed by atoms with van der Waals surface area (Å²) in [5, 5.41) is 3.37. The first-order valence-corrected chi connectivity index (χ1v) is 22.0. The maximum absolute atomic E-state index is 6.90. The van der Waals surface area contributed by atoms with E-state index in [4.69, 9.17) is 8.83 Å². The predicted molar refractivity (Wildman–Crippen MR) is 257 cm³/mol. The van der Waals surface area contributed by atoms with E-state index in [0.717, 1.165) is 50.7 Å². The lowest BCUT2D eigenvalue weighted by Gasteiger charge is -2.24. The highest BCUT2D eigenvalue weighted by atomic mass is 16.3. The number of hydrogen-bond donors (Lipinski definition) is 0. The van der Waals surface area contributed by atoms with Gasteiger partial charge in [-0.15, -0.1) is 0 Å². The fourth-order valence-corrected chi connectivity index (χ4v) is 11.3. The molecule has 13 rings (SSSR count). The second-order valence-electron chi connectivity index (χ2n) is 18.8. The molecular formula is C60H44O2. The average molecular weight is 797 g/mol. The Bertz CT molecular complexity index is 3540. The van der Waals surface area contributed by atoms with Crippen molar-refractivity contribution in [1.82, 2.24) is 0 Å². The molecule has 1 atom stereocenters. The molecule has 0 amide bonds. The van der Waals surface area contributed by atoms with Gasteiger partial charge in [-0.05, 0) is 109 Å². The standard InChI is InChI=1S/C60H44O2/c1-59(2)51-29-37(35-13-7-5-8-14-35)21-25-43(51)45-27-23-39(31-53(45)59)41-17-11-19-47-49-33-50-48-20-12-18-42(58(48)62-56(50)34-55(49)61-57(41)47)40-24-28-46-44-26-22-38(36-15-9-6-10-16-36)30-52(44)60(3,4)54(46)32-40/h5-17,19-34,42H,18H2,1-4H3. The summed E-state index contributed by atoms with van der Waals surface area (Å²) in [6.45, 7) is 9.47. The smallest absolute Gasteiger partial charge is 0.143 e. The molecule has 2 aromatic heterocycles. The summed E-state index contributed by atoms with van der Waals surface area (Å²) in [6.07, 6.45) is 5.49. The molecule has 0 N–H and O–H groups in total. The quantitative estimate of drug-likeness (QED) is 0.177. The zero-order chi connectivity index (χ0) is 41.5. The zero-order valence-corrected chi connectivity index (χ0v) is 35.3. The van der Waals surface area contributed by atoms with Gasteiger partial charge in [-0.2, -0.15) is 0 Å². The van der Waals surface area contributed by atoms with Crippen molar-refractivity contribution < 1.29 is 8.83 Å². The molecular weight excluding hydrogens is 753 g/mol. The number of furan rings is 2. The van der Waals surface area contributed by atoms with Crippen LogP contribution in [0.1, 0.15) is 79.2 Å². The first-order chi connectivity index (χ1) is 30.2. The molecule has 10 aromatic rings. The molecule has 8 aromatic carbocycles. The molecule has 2 heterocycles. The van der Waals surface area contributed by atoms with Crippen LogP contribution in [0.15, 0.2) is 179 Å². The molecule has 0 saturated carbocycles. The van der Waals surface area contributed by atoms with E-state index in [2.05, 4.69) is 204 Å². The SMILES string of the molecule is CC1(C)c2cc(-c3ccccc3)ccc2-c2ccc(-c3cccc4c3oc3cc5oc6c(c5cc34)C=CCC6c3ccc4c(c3)C(C)(C)c3cc(-c5ccccc5)ccc3-4)cc21. The van der Waals surface area contributed by atoms with Gasteiger partial charge < -0.3 is 8.83 Å². The topological polar surface area (TPSA) is 26.3 Å². The summed E-state index contributed by atoms with van der Waals surface area (Å²) in [5.74, 6) is 1.17. The van der Waals surface area contributed by atoms with E-state index < -0.39 is 0 Å². The maximum Gasteiger partial charge on any atom is 0.143 e. The van der Waals surface area contributed by atoms with Gasteiger partial charge in [-0.25, -0.2) is 0 Å². The molecule has 0 radical (unpaired) electrons. The fourth-order valence-electron chi connectivity index (χ4n) is 11.3. The number of benzene rings is 8. The Hall–Kier alpha value is -7.16. The second kappa shape index (κ2) is 12.7. The number of rotatable bonds is 4. The molecule has 1 unspecified atom stereocenters. The van der Waals surface area contributed by atoms with Crippen LogP contribution in [0.2, 0.25) is 0 Å². The minimum Gasteiger partial charge on any atom is -0.460 e. The number of allylic oxidation sites excluding steroid dienone is 1. The van der Waals surface area contributed by atoms with E-state index in [1.54, 1.807) is 0 Å². The maximum atomic E-state index is 6.90. The molecule has 2 heteroatoms. The molecule has 3 aliphatic carbocycles. The Kier molecular flexibility index (Phi) is 7.28. The van der Waals surface area contributed by atoms with E-state index in [-0.39, 0.29) is 16.7 Å². The van der Waals surface area contributed by atoms with Gasteiger partial charge in [-0.3, -0.25) is 0 Å².